The summed E-state index contributed by atoms with van der Waals surface area (Å²) >= 11 is 0. The van der Waals surface area contributed by atoms with Gasteiger partial charge in [0, 0.05) is 13.2 Å². The number of nitrogens with zero attached hydrogens (tertiary/aromatic N) is 2. The van der Waals surface area contributed by atoms with Gasteiger partial charge in [-0.3, -0.25) is 9.78 Å². The van der Waals surface area contributed by atoms with Crippen LogP contribution in [0.1, 0.15) is 20.3 Å². The molecule has 1 amide bonds. The van der Waals surface area contributed by atoms with Crippen molar-refractivity contribution < 1.29 is 4.79 Å². The summed E-state index contributed by atoms with van der Waals surface area (Å²) in [5.74, 6) is -0.0991. The first-order chi connectivity index (χ1) is 6.99. The highest BCUT2D eigenvalue weighted by atomic mass is 16.2. The van der Waals surface area contributed by atoms with E-state index in [0.29, 0.717) is 6.42 Å². The van der Waals surface area contributed by atoms with E-state index in [1.165, 1.54) is 4.90 Å². The molecule has 1 atom stereocenters. The first-order valence-corrected chi connectivity index (χ1v) is 4.96. The number of pyridine rings is 1. The first kappa shape index (κ1) is 11.7. The number of aromatic nitrogens is 1. The molecule has 0 aliphatic carbocycles. The number of carbonyl (C=O) groups excluding carboxylic acids is 1. The molecule has 82 valence electrons. The quantitative estimate of drug-likeness (QED) is 0.809. The molecule has 4 nitrogen and oxygen atoms in total. The molecule has 0 aromatic carbocycles. The lowest BCUT2D eigenvalue weighted by molar-refractivity contribution is -0.122. The summed E-state index contributed by atoms with van der Waals surface area (Å²) < 4.78 is 0. The molecule has 0 saturated heterocycles. The lowest BCUT2D eigenvalue weighted by atomic mass is 9.98. The van der Waals surface area contributed by atoms with E-state index in [1.807, 2.05) is 13.0 Å². The van der Waals surface area contributed by atoms with Gasteiger partial charge in [-0.15, -0.1) is 0 Å². The zero-order valence-corrected chi connectivity index (χ0v) is 9.40. The van der Waals surface area contributed by atoms with Gasteiger partial charge in [-0.25, -0.2) is 0 Å². The largest absolute Gasteiger partial charge is 0.318 e. The molecule has 2 N–H and O–H groups in total. The minimum atomic E-state index is -0.815. The Labute approximate surface area is 90.1 Å². The summed E-state index contributed by atoms with van der Waals surface area (Å²) in [6.45, 7) is 3.64. The maximum absolute atomic E-state index is 12.0. The molecule has 15 heavy (non-hydrogen) atoms. The Morgan fingerprint density at radius 3 is 2.80 bits per heavy atom. The monoisotopic (exact) mass is 207 g/mol. The van der Waals surface area contributed by atoms with Crippen LogP contribution in [0.4, 0.5) is 5.69 Å². The third-order valence-corrected chi connectivity index (χ3v) is 2.56. The molecule has 1 heterocycles. The van der Waals surface area contributed by atoms with Gasteiger partial charge in [0.1, 0.15) is 0 Å². The van der Waals surface area contributed by atoms with E-state index in [1.54, 1.807) is 32.4 Å². The molecule has 0 saturated carbocycles. The predicted octanol–water partition coefficient (Wildman–Crippen LogP) is 1.17. The number of nitrogens with two attached hydrogens (primary N) is 1. The Balaban J connectivity index is 2.87. The fourth-order valence-electron chi connectivity index (χ4n) is 1.20. The van der Waals surface area contributed by atoms with Gasteiger partial charge in [0.2, 0.25) is 5.91 Å². The van der Waals surface area contributed by atoms with Crippen LogP contribution in [0.3, 0.4) is 0 Å². The Bertz CT molecular complexity index is 335. The Morgan fingerprint density at radius 2 is 2.33 bits per heavy atom. The van der Waals surface area contributed by atoms with Gasteiger partial charge in [-0.2, -0.15) is 0 Å². The SMILES string of the molecule is CCC(C)(N)C(=O)N(C)c1cccnc1. The Kier molecular flexibility index (Phi) is 3.42. The van der Waals surface area contributed by atoms with Crippen LogP contribution in [0.15, 0.2) is 24.5 Å². The fraction of sp³-hybridized carbons (Fsp3) is 0.455. The van der Waals surface area contributed by atoms with Gasteiger partial charge < -0.3 is 10.6 Å². The minimum Gasteiger partial charge on any atom is -0.318 e. The number of hydrogen-bond acceptors (Lipinski definition) is 3. The van der Waals surface area contributed by atoms with E-state index < -0.39 is 5.54 Å². The van der Waals surface area contributed by atoms with Crippen molar-refractivity contribution in [3.63, 3.8) is 0 Å². The lowest BCUT2D eigenvalue weighted by Crippen LogP contribution is -2.51. The smallest absolute Gasteiger partial charge is 0.246 e. The second-order valence-electron chi connectivity index (χ2n) is 3.85. The third-order valence-electron chi connectivity index (χ3n) is 2.56. The van der Waals surface area contributed by atoms with Crippen LogP contribution in [0.2, 0.25) is 0 Å². The molecule has 1 aromatic rings. The number of carbonyl (C=O) groups is 1. The normalized spacial score (nSPS) is 14.4. The van der Waals surface area contributed by atoms with Crippen molar-refractivity contribution in [1.29, 1.82) is 0 Å². The van der Waals surface area contributed by atoms with Crippen molar-refractivity contribution in [3.05, 3.63) is 24.5 Å². The number of rotatable bonds is 3. The molecule has 1 rings (SSSR count). The zero-order valence-electron chi connectivity index (χ0n) is 9.40. The topological polar surface area (TPSA) is 59.2 Å². The van der Waals surface area contributed by atoms with Crippen molar-refractivity contribution in [3.8, 4) is 0 Å². The summed E-state index contributed by atoms with van der Waals surface area (Å²) in [6.07, 6.45) is 3.92. The van der Waals surface area contributed by atoms with Gasteiger partial charge in [-0.05, 0) is 25.5 Å². The number of amides is 1. The van der Waals surface area contributed by atoms with Crippen molar-refractivity contribution in [2.45, 2.75) is 25.8 Å². The third kappa shape index (κ3) is 2.53. The molecule has 0 radical (unpaired) electrons. The second-order valence-corrected chi connectivity index (χ2v) is 3.85. The van der Waals surface area contributed by atoms with Crippen molar-refractivity contribution in [2.75, 3.05) is 11.9 Å². The zero-order chi connectivity index (χ0) is 11.5. The summed E-state index contributed by atoms with van der Waals surface area (Å²) in [6, 6.07) is 3.62. The van der Waals surface area contributed by atoms with Crippen molar-refractivity contribution in [1.82, 2.24) is 4.98 Å². The summed E-state index contributed by atoms with van der Waals surface area (Å²) in [4.78, 5) is 17.5. The van der Waals surface area contributed by atoms with Crippen molar-refractivity contribution in [2.24, 2.45) is 5.73 Å². The Hall–Kier alpha value is -1.42. The van der Waals surface area contributed by atoms with Crippen LogP contribution < -0.4 is 10.6 Å². The lowest BCUT2D eigenvalue weighted by Gasteiger charge is -2.27. The van der Waals surface area contributed by atoms with E-state index in [-0.39, 0.29) is 5.91 Å². The van der Waals surface area contributed by atoms with E-state index in [2.05, 4.69) is 4.98 Å². The summed E-state index contributed by atoms with van der Waals surface area (Å²) in [5.41, 5.74) is 5.83. The summed E-state index contributed by atoms with van der Waals surface area (Å²) in [7, 11) is 1.71. The molecule has 0 aliphatic rings. The second kappa shape index (κ2) is 4.40. The van der Waals surface area contributed by atoms with Crippen LogP contribution in [0, 0.1) is 0 Å². The highest BCUT2D eigenvalue weighted by Gasteiger charge is 2.29. The average molecular weight is 207 g/mol. The maximum Gasteiger partial charge on any atom is 0.246 e. The van der Waals surface area contributed by atoms with Crippen LogP contribution in [0.25, 0.3) is 0 Å². The summed E-state index contributed by atoms with van der Waals surface area (Å²) in [5, 5.41) is 0. The maximum atomic E-state index is 12.0. The first-order valence-electron chi connectivity index (χ1n) is 4.96. The average Bonchev–Trinajstić information content (AvgIpc) is 2.28. The van der Waals surface area contributed by atoms with Gasteiger partial charge in [0.05, 0.1) is 17.4 Å². The van der Waals surface area contributed by atoms with Gasteiger partial charge in [-0.1, -0.05) is 6.92 Å². The molecule has 0 fully saturated rings. The number of anilines is 1. The van der Waals surface area contributed by atoms with Gasteiger partial charge >= 0.3 is 0 Å². The molecular formula is C11H17N3O. The highest BCUT2D eigenvalue weighted by molar-refractivity contribution is 5.99. The standard InChI is InChI=1S/C11H17N3O/c1-4-11(2,12)10(15)14(3)9-6-5-7-13-8-9/h5-8H,4,12H2,1-3H3. The highest BCUT2D eigenvalue weighted by Crippen LogP contribution is 2.15. The fourth-order valence-corrected chi connectivity index (χ4v) is 1.20. The molecule has 1 unspecified atom stereocenters. The number of likely N-dealkylation sites (N-methyl/N-ethyl adjacent to an activating group) is 1. The van der Waals surface area contributed by atoms with Crippen LogP contribution in [-0.2, 0) is 4.79 Å². The molecule has 0 bridgehead atoms. The molecule has 1 aromatic heterocycles. The van der Waals surface area contributed by atoms with Crippen LogP contribution in [-0.4, -0.2) is 23.5 Å². The van der Waals surface area contributed by atoms with Gasteiger partial charge in [0.25, 0.3) is 0 Å². The van der Waals surface area contributed by atoms with E-state index in [0.717, 1.165) is 5.69 Å². The van der Waals surface area contributed by atoms with E-state index in [9.17, 15) is 4.79 Å². The van der Waals surface area contributed by atoms with Gasteiger partial charge in [0.15, 0.2) is 0 Å². The van der Waals surface area contributed by atoms with Crippen molar-refractivity contribution >= 4 is 11.6 Å². The van der Waals surface area contributed by atoms with E-state index in [4.69, 9.17) is 5.73 Å². The molecular weight excluding hydrogens is 190 g/mol. The number of hydrogen-bond donors (Lipinski definition) is 1. The predicted molar refractivity (Wildman–Crippen MR) is 60.5 cm³/mol. The van der Waals surface area contributed by atoms with Crippen LogP contribution >= 0.6 is 0 Å². The molecule has 0 spiro atoms. The van der Waals surface area contributed by atoms with E-state index >= 15 is 0 Å². The van der Waals surface area contributed by atoms with Crippen LogP contribution in [0.5, 0.6) is 0 Å². The minimum absolute atomic E-state index is 0.0991. The molecule has 0 aliphatic heterocycles. The molecule has 4 heteroatoms. The Morgan fingerprint density at radius 1 is 1.67 bits per heavy atom.